The van der Waals surface area contributed by atoms with Gasteiger partial charge in [0.2, 0.25) is 0 Å². The van der Waals surface area contributed by atoms with Crippen molar-refractivity contribution in [3.8, 4) is 11.5 Å². The third-order valence-corrected chi connectivity index (χ3v) is 4.70. The summed E-state index contributed by atoms with van der Waals surface area (Å²) < 4.78 is 10.6. The molecule has 2 heterocycles. The summed E-state index contributed by atoms with van der Waals surface area (Å²) in [6.07, 6.45) is 3.44. The van der Waals surface area contributed by atoms with E-state index in [9.17, 15) is 4.79 Å². The fraction of sp³-hybridized carbons (Fsp3) is 0.412. The van der Waals surface area contributed by atoms with Gasteiger partial charge in [-0.3, -0.25) is 4.79 Å². The zero-order chi connectivity index (χ0) is 17.8. The molecular formula is C17H21ClN4O3. The summed E-state index contributed by atoms with van der Waals surface area (Å²) in [4.78, 5) is 13.7. The number of benzene rings is 1. The molecule has 0 atom stereocenters. The minimum Gasteiger partial charge on any atom is -0.497 e. The van der Waals surface area contributed by atoms with E-state index in [2.05, 4.69) is 20.4 Å². The van der Waals surface area contributed by atoms with Gasteiger partial charge in [-0.05, 0) is 12.8 Å². The number of aromatic amines is 1. The van der Waals surface area contributed by atoms with Crippen molar-refractivity contribution in [1.82, 2.24) is 10.2 Å². The van der Waals surface area contributed by atoms with E-state index in [1.54, 1.807) is 20.4 Å². The van der Waals surface area contributed by atoms with E-state index in [1.807, 2.05) is 18.2 Å². The Morgan fingerprint density at radius 1 is 1.20 bits per heavy atom. The van der Waals surface area contributed by atoms with E-state index in [0.717, 1.165) is 43.1 Å². The maximum atomic E-state index is 11.6. The number of rotatable bonds is 5. The molecule has 2 aromatic rings. The predicted molar refractivity (Wildman–Crippen MR) is 98.3 cm³/mol. The van der Waals surface area contributed by atoms with Crippen molar-refractivity contribution in [1.29, 1.82) is 0 Å². The number of aromatic nitrogens is 2. The molecule has 1 aliphatic rings. The van der Waals surface area contributed by atoms with Gasteiger partial charge in [-0.1, -0.05) is 11.6 Å². The first-order valence-corrected chi connectivity index (χ1v) is 8.46. The lowest BCUT2D eigenvalue weighted by atomic mass is 10.0. The Bertz CT molecular complexity index is 765. The molecule has 1 aromatic heterocycles. The van der Waals surface area contributed by atoms with Crippen LogP contribution in [0.5, 0.6) is 11.5 Å². The van der Waals surface area contributed by atoms with Crippen LogP contribution < -0.4 is 25.2 Å². The fourth-order valence-corrected chi connectivity index (χ4v) is 3.20. The minimum absolute atomic E-state index is 0.193. The van der Waals surface area contributed by atoms with Gasteiger partial charge in [0, 0.05) is 43.0 Å². The average molecular weight is 365 g/mol. The van der Waals surface area contributed by atoms with Crippen LogP contribution in [0.3, 0.4) is 0 Å². The van der Waals surface area contributed by atoms with Gasteiger partial charge in [-0.2, -0.15) is 5.10 Å². The molecule has 0 bridgehead atoms. The summed E-state index contributed by atoms with van der Waals surface area (Å²) in [6, 6.07) is 6.07. The average Bonchev–Trinajstić information content (AvgIpc) is 2.64. The number of halogens is 1. The summed E-state index contributed by atoms with van der Waals surface area (Å²) in [5, 5.41) is 9.90. The topological polar surface area (TPSA) is 79.5 Å². The summed E-state index contributed by atoms with van der Waals surface area (Å²) in [5.74, 6) is 1.50. The van der Waals surface area contributed by atoms with Crippen LogP contribution in [-0.2, 0) is 0 Å². The lowest BCUT2D eigenvalue weighted by Crippen LogP contribution is -2.39. The number of nitrogens with zero attached hydrogens (tertiary/aromatic N) is 2. The van der Waals surface area contributed by atoms with E-state index in [-0.39, 0.29) is 10.6 Å². The Kier molecular flexibility index (Phi) is 5.33. The highest BCUT2D eigenvalue weighted by Crippen LogP contribution is 2.29. The van der Waals surface area contributed by atoms with E-state index in [1.165, 1.54) is 0 Å². The second-order valence-electron chi connectivity index (χ2n) is 5.91. The van der Waals surface area contributed by atoms with Gasteiger partial charge in [0.15, 0.2) is 0 Å². The Labute approximate surface area is 150 Å². The Morgan fingerprint density at radius 2 is 1.84 bits per heavy atom. The number of H-pyrrole nitrogens is 1. The highest BCUT2D eigenvalue weighted by molar-refractivity contribution is 6.32. The number of piperidine rings is 1. The number of hydrogen-bond acceptors (Lipinski definition) is 6. The molecule has 134 valence electrons. The van der Waals surface area contributed by atoms with Gasteiger partial charge >= 0.3 is 0 Å². The number of hydrogen-bond donors (Lipinski definition) is 2. The summed E-state index contributed by atoms with van der Waals surface area (Å²) in [5.41, 5.74) is 1.29. The molecule has 1 aliphatic heterocycles. The fourth-order valence-electron chi connectivity index (χ4n) is 2.99. The molecule has 8 heteroatoms. The molecule has 0 radical (unpaired) electrons. The van der Waals surface area contributed by atoms with Crippen LogP contribution in [0.1, 0.15) is 12.8 Å². The third-order valence-electron chi connectivity index (χ3n) is 4.34. The molecule has 2 N–H and O–H groups in total. The molecule has 0 amide bonds. The zero-order valence-corrected chi connectivity index (χ0v) is 15.0. The van der Waals surface area contributed by atoms with Crippen LogP contribution in [0.2, 0.25) is 5.02 Å². The van der Waals surface area contributed by atoms with Crippen molar-refractivity contribution in [2.45, 2.75) is 18.9 Å². The second-order valence-corrected chi connectivity index (χ2v) is 6.28. The van der Waals surface area contributed by atoms with Crippen LogP contribution in [0.15, 0.2) is 29.2 Å². The first-order chi connectivity index (χ1) is 12.1. The highest BCUT2D eigenvalue weighted by Gasteiger charge is 2.22. The maximum absolute atomic E-state index is 11.6. The molecule has 0 aliphatic carbocycles. The Hall–Kier alpha value is -2.41. The monoisotopic (exact) mass is 364 g/mol. The number of anilines is 2. The first-order valence-electron chi connectivity index (χ1n) is 8.08. The molecule has 7 nitrogen and oxygen atoms in total. The predicted octanol–water partition coefficient (Wildman–Crippen LogP) is 2.52. The van der Waals surface area contributed by atoms with E-state index in [0.29, 0.717) is 11.7 Å². The molecule has 1 saturated heterocycles. The number of methoxy groups -OCH3 is 2. The lowest BCUT2D eigenvalue weighted by molar-refractivity contribution is 0.394. The van der Waals surface area contributed by atoms with Crippen LogP contribution >= 0.6 is 11.6 Å². The van der Waals surface area contributed by atoms with Crippen molar-refractivity contribution in [2.75, 3.05) is 37.5 Å². The quantitative estimate of drug-likeness (QED) is 0.848. The molecule has 25 heavy (non-hydrogen) atoms. The maximum Gasteiger partial charge on any atom is 0.285 e. The Balaban J connectivity index is 1.65. The summed E-state index contributed by atoms with van der Waals surface area (Å²) in [6.45, 7) is 1.59. The van der Waals surface area contributed by atoms with Crippen molar-refractivity contribution in [3.63, 3.8) is 0 Å². The molecule has 1 aromatic carbocycles. The molecule has 0 unspecified atom stereocenters. The summed E-state index contributed by atoms with van der Waals surface area (Å²) >= 11 is 6.09. The lowest BCUT2D eigenvalue weighted by Gasteiger charge is -2.34. The molecule has 3 rings (SSSR count). The van der Waals surface area contributed by atoms with E-state index < -0.39 is 0 Å². The largest absolute Gasteiger partial charge is 0.497 e. The normalized spacial score (nSPS) is 15.1. The van der Waals surface area contributed by atoms with Gasteiger partial charge in [0.1, 0.15) is 16.5 Å². The minimum atomic E-state index is -0.358. The van der Waals surface area contributed by atoms with E-state index in [4.69, 9.17) is 21.1 Å². The molecule has 0 spiro atoms. The summed E-state index contributed by atoms with van der Waals surface area (Å²) in [7, 11) is 3.27. The molecule has 0 saturated carbocycles. The zero-order valence-electron chi connectivity index (χ0n) is 14.2. The van der Waals surface area contributed by atoms with Gasteiger partial charge in [0.25, 0.3) is 5.56 Å². The van der Waals surface area contributed by atoms with Gasteiger partial charge in [-0.15, -0.1) is 0 Å². The highest BCUT2D eigenvalue weighted by atomic mass is 35.5. The number of ether oxygens (including phenoxy) is 2. The molecular weight excluding hydrogens is 344 g/mol. The van der Waals surface area contributed by atoms with E-state index >= 15 is 0 Å². The van der Waals surface area contributed by atoms with Crippen LogP contribution in [0, 0.1) is 0 Å². The number of nitrogens with one attached hydrogen (secondary N) is 2. The van der Waals surface area contributed by atoms with Gasteiger partial charge in [-0.25, -0.2) is 5.10 Å². The third kappa shape index (κ3) is 3.99. The first kappa shape index (κ1) is 17.4. The SMILES string of the molecule is COc1cc(NC2CCN(c3cn[nH]c(=O)c3Cl)CC2)cc(OC)c1. The van der Waals surface area contributed by atoms with Crippen molar-refractivity contribution in [2.24, 2.45) is 0 Å². The van der Waals surface area contributed by atoms with Crippen LogP contribution in [-0.4, -0.2) is 43.5 Å². The van der Waals surface area contributed by atoms with Gasteiger partial charge < -0.3 is 19.7 Å². The van der Waals surface area contributed by atoms with Crippen molar-refractivity contribution >= 4 is 23.0 Å². The Morgan fingerprint density at radius 3 is 2.44 bits per heavy atom. The smallest absolute Gasteiger partial charge is 0.285 e. The van der Waals surface area contributed by atoms with Crippen LogP contribution in [0.4, 0.5) is 11.4 Å². The van der Waals surface area contributed by atoms with Crippen molar-refractivity contribution in [3.05, 3.63) is 39.8 Å². The second kappa shape index (κ2) is 7.65. The van der Waals surface area contributed by atoms with Crippen molar-refractivity contribution < 1.29 is 9.47 Å². The molecule has 1 fully saturated rings. The van der Waals surface area contributed by atoms with Crippen LogP contribution in [0.25, 0.3) is 0 Å². The standard InChI is InChI=1S/C17H21ClN4O3/c1-24-13-7-12(8-14(9-13)25-2)20-11-3-5-22(6-4-11)15-10-19-21-17(23)16(15)18/h7-11,20H,3-6H2,1-2H3,(H,21,23). The van der Waals surface area contributed by atoms with Gasteiger partial charge in [0.05, 0.1) is 26.1 Å².